The van der Waals surface area contributed by atoms with Crippen molar-refractivity contribution in [2.75, 3.05) is 19.6 Å². The van der Waals surface area contributed by atoms with Crippen LogP contribution in [0.2, 0.25) is 0 Å². The highest BCUT2D eigenvalue weighted by atomic mass is 33.1. The molecule has 3 nitrogen and oxygen atoms in total. The van der Waals surface area contributed by atoms with Crippen LogP contribution in [-0.2, 0) is 64.2 Å². The first kappa shape index (κ1) is 21.5. The lowest BCUT2D eigenvalue weighted by atomic mass is 10.6. The summed E-state index contributed by atoms with van der Waals surface area (Å²) in [7, 11) is 4.70. The van der Waals surface area contributed by atoms with Crippen LogP contribution in [0.5, 0.6) is 0 Å². The van der Waals surface area contributed by atoms with Gasteiger partial charge in [0.05, 0.1) is 0 Å². The quantitative estimate of drug-likeness (QED) is 0.710. The van der Waals surface area contributed by atoms with Crippen LogP contribution >= 0.6 is 0 Å². The Morgan fingerprint density at radius 3 is 1.53 bits per heavy atom. The summed E-state index contributed by atoms with van der Waals surface area (Å²) in [5.74, 6) is 0.167. The zero-order valence-electron chi connectivity index (χ0n) is 9.44. The van der Waals surface area contributed by atoms with Crippen molar-refractivity contribution in [3.63, 3.8) is 0 Å². The van der Waals surface area contributed by atoms with Crippen LogP contribution in [0.25, 0.3) is 0 Å². The number of carbonyl (C=O) groups excluding carboxylic acids is 1. The first-order valence-corrected chi connectivity index (χ1v) is 11.5. The van der Waals surface area contributed by atoms with Crippen molar-refractivity contribution in [2.45, 2.75) is 13.8 Å². The van der Waals surface area contributed by atoms with Gasteiger partial charge in [-0.25, -0.2) is 0 Å². The zero-order chi connectivity index (χ0) is 12.9. The lowest BCUT2D eigenvalue weighted by Gasteiger charge is -1.86. The van der Waals surface area contributed by atoms with Crippen molar-refractivity contribution in [3.8, 4) is 0 Å². The number of Topliss-reactive ketones (excluding diaryl/α,β-unsaturated/α-hetero) is 1. The van der Waals surface area contributed by atoms with Crippen molar-refractivity contribution in [3.05, 3.63) is 0 Å². The van der Waals surface area contributed by atoms with E-state index in [0.717, 1.165) is 0 Å². The first-order valence-electron chi connectivity index (χ1n) is 3.63. The molecule has 0 aromatic carbocycles. The Bertz CT molecular complexity index is 271. The molecule has 2 atom stereocenters. The fourth-order valence-corrected chi connectivity index (χ4v) is 0.919. The van der Waals surface area contributed by atoms with Crippen LogP contribution in [0.4, 0.5) is 0 Å². The monoisotopic (exact) mass is 326 g/mol. The minimum Gasteiger partial charge on any atom is -0.300 e. The normalized spacial score (nSPS) is 11.9. The van der Waals surface area contributed by atoms with Crippen LogP contribution < -0.4 is 9.86 Å². The molecule has 0 aromatic heterocycles. The number of hydrogen-bond donors (Lipinski definition) is 2. The van der Waals surface area contributed by atoms with Gasteiger partial charge in [0.15, 0.2) is 0 Å². The summed E-state index contributed by atoms with van der Waals surface area (Å²) in [5, 5.41) is 5.18. The Morgan fingerprint density at radius 1 is 1.27 bits per heavy atom. The molecule has 0 aliphatic rings. The van der Waals surface area contributed by atoms with E-state index in [1.165, 1.54) is 31.6 Å². The molecular formula is C6H18N2OS6. The Hall–Kier alpha value is 1.17. The average molecular weight is 327 g/mol. The van der Waals surface area contributed by atoms with Gasteiger partial charge in [-0.2, -0.15) is 0 Å². The molecule has 0 aliphatic heterocycles. The maximum Gasteiger partial charge on any atom is 0.126 e. The van der Waals surface area contributed by atoms with Crippen LogP contribution in [-0.4, -0.2) is 25.3 Å². The van der Waals surface area contributed by atoms with Gasteiger partial charge in [-0.15, -0.1) is 0 Å². The summed E-state index contributed by atoms with van der Waals surface area (Å²) in [6.07, 6.45) is 3.94. The Balaban J connectivity index is -0.000000147. The van der Waals surface area contributed by atoms with Gasteiger partial charge in [-0.1, -0.05) is 19.3 Å². The molecule has 0 aliphatic carbocycles. The van der Waals surface area contributed by atoms with E-state index >= 15 is 0 Å². The summed E-state index contributed by atoms with van der Waals surface area (Å²) in [4.78, 5) is 9.44. The van der Waals surface area contributed by atoms with Crippen LogP contribution in [0.1, 0.15) is 13.8 Å². The van der Waals surface area contributed by atoms with E-state index < -0.39 is 0 Å². The zero-order valence-corrected chi connectivity index (χ0v) is 14.3. The highest BCUT2D eigenvalue weighted by Gasteiger charge is 1.66. The van der Waals surface area contributed by atoms with E-state index in [9.17, 15) is 4.79 Å². The Kier molecular flexibility index (Phi) is 25.1. The molecule has 0 spiro atoms. The third kappa shape index (κ3) is 51.2. The lowest BCUT2D eigenvalue weighted by Crippen LogP contribution is -2.06. The van der Waals surface area contributed by atoms with E-state index in [-0.39, 0.29) is 25.1 Å². The molecule has 2 unspecified atom stereocenters. The molecule has 0 bridgehead atoms. The smallest absolute Gasteiger partial charge is 0.126 e. The predicted octanol–water partition coefficient (Wildman–Crippen LogP) is -0.00860. The molecule has 0 rings (SSSR count). The third-order valence-corrected chi connectivity index (χ3v) is 7.02. The minimum absolute atomic E-state index is 0.0910. The molecule has 9 heteroatoms. The molecule has 0 fully saturated rings. The van der Waals surface area contributed by atoms with Crippen molar-refractivity contribution in [1.82, 2.24) is 4.72 Å². The summed E-state index contributed by atoms with van der Waals surface area (Å²) in [5.41, 5.74) is 0. The van der Waals surface area contributed by atoms with E-state index in [1.807, 2.05) is 13.3 Å². The predicted molar refractivity (Wildman–Crippen MR) is 85.6 cm³/mol. The van der Waals surface area contributed by atoms with Crippen molar-refractivity contribution < 1.29 is 4.79 Å². The highest BCUT2D eigenvalue weighted by molar-refractivity contribution is 8.47. The van der Waals surface area contributed by atoms with Crippen LogP contribution in [0.3, 0.4) is 0 Å². The lowest BCUT2D eigenvalue weighted by molar-refractivity contribution is -0.114. The van der Waals surface area contributed by atoms with Gasteiger partial charge in [0.25, 0.3) is 0 Å². The van der Waals surface area contributed by atoms with Crippen molar-refractivity contribution in [1.29, 1.82) is 0 Å². The van der Waals surface area contributed by atoms with Crippen molar-refractivity contribution >= 4 is 65.2 Å². The molecule has 0 saturated heterocycles. The fourth-order valence-electron chi connectivity index (χ4n) is 0.0340. The van der Waals surface area contributed by atoms with Gasteiger partial charge >= 0.3 is 0 Å². The maximum absolute atomic E-state index is 9.44. The number of carbonyl (C=O) groups is 1. The topological polar surface area (TPSA) is 55.1 Å². The third-order valence-electron chi connectivity index (χ3n) is 0.497. The van der Waals surface area contributed by atoms with Gasteiger partial charge in [-0.3, -0.25) is 9.86 Å². The number of rotatable bonds is 1. The number of nitrogens with one attached hydrogen (secondary N) is 1. The molecule has 0 heterocycles. The second kappa shape index (κ2) is 17.6. The van der Waals surface area contributed by atoms with Gasteiger partial charge in [0, 0.05) is 0 Å². The second-order valence-electron chi connectivity index (χ2n) is 2.20. The number of hydrogen-bond acceptors (Lipinski definition) is 3. The Labute approximate surface area is 112 Å². The fraction of sp³-hybridized carbons (Fsp3) is 0.833. The summed E-state index contributed by atoms with van der Waals surface area (Å²) >= 11 is 9.12. The minimum atomic E-state index is -0.0910. The summed E-state index contributed by atoms with van der Waals surface area (Å²) < 4.78 is 3.00. The number of ketones is 1. The summed E-state index contributed by atoms with van der Waals surface area (Å²) in [6.45, 7) is 3.06. The van der Waals surface area contributed by atoms with Gasteiger partial charge in [0.2, 0.25) is 0 Å². The molecule has 0 amide bonds. The van der Waals surface area contributed by atoms with Crippen LogP contribution in [0.15, 0.2) is 0 Å². The Morgan fingerprint density at radius 2 is 1.53 bits per heavy atom. The summed E-state index contributed by atoms with van der Waals surface area (Å²) in [6, 6.07) is 0. The molecular weight excluding hydrogens is 308 g/mol. The van der Waals surface area contributed by atoms with Crippen LogP contribution in [0, 0.1) is 0 Å². The number of nitrogens with two attached hydrogens (primary N) is 1. The average Bonchev–Trinajstić information content (AvgIpc) is 2.16. The SMILES string of the molecule is CC(C)=O.CNS(C)=S=S.CS(N)=S=S. The molecule has 94 valence electrons. The molecule has 0 radical (unpaired) electrons. The largest absolute Gasteiger partial charge is 0.300 e. The first-order chi connectivity index (χ1) is 6.81. The molecule has 0 aromatic rings. The van der Waals surface area contributed by atoms with E-state index in [0.29, 0.717) is 0 Å². The highest BCUT2D eigenvalue weighted by Crippen LogP contribution is 1.56. The molecule has 3 N–H and O–H groups in total. The van der Waals surface area contributed by atoms with Gasteiger partial charge in [0.1, 0.15) is 5.78 Å². The van der Waals surface area contributed by atoms with Gasteiger partial charge in [-0.05, 0) is 73.5 Å². The van der Waals surface area contributed by atoms with Gasteiger partial charge < -0.3 is 4.79 Å². The van der Waals surface area contributed by atoms with E-state index in [4.69, 9.17) is 5.14 Å². The van der Waals surface area contributed by atoms with Crippen molar-refractivity contribution in [2.24, 2.45) is 5.14 Å². The second-order valence-corrected chi connectivity index (χ2v) is 11.1. The maximum atomic E-state index is 9.44. The molecule has 15 heavy (non-hydrogen) atoms. The molecule has 0 saturated carbocycles. The van der Waals surface area contributed by atoms with E-state index in [2.05, 4.69) is 33.4 Å². The van der Waals surface area contributed by atoms with E-state index in [1.54, 1.807) is 0 Å². The standard InChI is InChI=1S/C3H6O.C2H7NS3.CH5NS3/c1-3(2)4;1-3-6(2)5-4;1-5(2)4-3/h1-2H3;3H,1-2H3;2H2,1H3.